The summed E-state index contributed by atoms with van der Waals surface area (Å²) in [5, 5.41) is 43.8. The molecule has 0 aromatic carbocycles. The number of aliphatic hydroxyl groups is 4. The third kappa shape index (κ3) is 40.0. The summed E-state index contributed by atoms with van der Waals surface area (Å²) < 4.78 is 0. The third-order valence-electron chi connectivity index (χ3n) is 11.9. The molecule has 6 nitrogen and oxygen atoms in total. The maximum Gasteiger partial charge on any atom is 0.249 e. The van der Waals surface area contributed by atoms with Gasteiger partial charge in [-0.2, -0.15) is 0 Å². The smallest absolute Gasteiger partial charge is 0.249 e. The van der Waals surface area contributed by atoms with Gasteiger partial charge in [-0.1, -0.05) is 237 Å². The van der Waals surface area contributed by atoms with Gasteiger partial charge in [-0.15, -0.1) is 0 Å². The van der Waals surface area contributed by atoms with Crippen molar-refractivity contribution in [3.05, 3.63) is 24.3 Å². The number of rotatable bonds is 46. The molecule has 0 bridgehead atoms. The Hall–Kier alpha value is -1.21. The van der Waals surface area contributed by atoms with E-state index in [2.05, 4.69) is 43.5 Å². The maximum absolute atomic E-state index is 12.5. The first-order chi connectivity index (χ1) is 28.0. The van der Waals surface area contributed by atoms with Gasteiger partial charge in [-0.25, -0.2) is 0 Å². The van der Waals surface area contributed by atoms with Crippen LogP contribution >= 0.6 is 0 Å². The van der Waals surface area contributed by atoms with Gasteiger partial charge in [0.1, 0.15) is 12.2 Å². The molecular weight excluding hydrogens is 707 g/mol. The van der Waals surface area contributed by atoms with Crippen molar-refractivity contribution < 1.29 is 25.2 Å². The number of allylic oxidation sites excluding steroid dienone is 4. The molecule has 0 aliphatic rings. The molecule has 0 saturated carbocycles. The maximum atomic E-state index is 12.5. The normalized spacial score (nSPS) is 14.1. The number of amides is 1. The topological polar surface area (TPSA) is 110 Å². The fourth-order valence-corrected chi connectivity index (χ4v) is 7.89. The Kier molecular flexibility index (Phi) is 44.9. The molecule has 0 aliphatic carbocycles. The standard InChI is InChI=1S/C51H99NO5/c1-3-5-7-9-11-13-15-17-19-21-22-23-24-25-26-27-29-30-32-34-36-38-40-42-44-48(54)50(56)47(46-53)52-51(57)49(55)45-43-41-39-37-35-33-31-28-20-18-16-14-12-10-8-6-4-2/h29-30,36,38,47-50,53-56H,3-28,31-35,37,39-46H2,1-2H3,(H,52,57)/b30-29+,38-36+. The van der Waals surface area contributed by atoms with Crippen LogP contribution in [0.3, 0.4) is 0 Å². The molecule has 0 rings (SSSR count). The van der Waals surface area contributed by atoms with E-state index in [0.717, 1.165) is 38.5 Å². The van der Waals surface area contributed by atoms with E-state index in [1.165, 1.54) is 193 Å². The summed E-state index contributed by atoms with van der Waals surface area (Å²) in [6, 6.07) is -1.01. The van der Waals surface area contributed by atoms with E-state index in [1.54, 1.807) is 0 Å². The highest BCUT2D eigenvalue weighted by atomic mass is 16.3. The summed E-state index contributed by atoms with van der Waals surface area (Å²) in [5.74, 6) is -0.594. The third-order valence-corrected chi connectivity index (χ3v) is 11.9. The number of hydrogen-bond donors (Lipinski definition) is 5. The van der Waals surface area contributed by atoms with Crippen LogP contribution in [0.1, 0.15) is 264 Å². The fraction of sp³-hybridized carbons (Fsp3) is 0.902. The van der Waals surface area contributed by atoms with Crippen LogP contribution in [0, 0.1) is 0 Å². The van der Waals surface area contributed by atoms with Crippen LogP contribution in [-0.2, 0) is 4.79 Å². The molecule has 4 atom stereocenters. The number of unbranched alkanes of at least 4 members (excludes halogenated alkanes) is 33. The largest absolute Gasteiger partial charge is 0.394 e. The lowest BCUT2D eigenvalue weighted by atomic mass is 10.00. The molecule has 6 heteroatoms. The second kappa shape index (κ2) is 45.9. The van der Waals surface area contributed by atoms with Crippen LogP contribution in [0.25, 0.3) is 0 Å². The lowest BCUT2D eigenvalue weighted by Crippen LogP contribution is -2.53. The van der Waals surface area contributed by atoms with Gasteiger partial charge in [0.05, 0.1) is 18.8 Å². The highest BCUT2D eigenvalue weighted by Crippen LogP contribution is 2.17. The summed E-state index contributed by atoms with van der Waals surface area (Å²) in [4.78, 5) is 12.5. The van der Waals surface area contributed by atoms with Crippen LogP contribution < -0.4 is 5.32 Å². The summed E-state index contributed by atoms with van der Waals surface area (Å²) in [6.45, 7) is 4.06. The Bertz CT molecular complexity index is 863. The van der Waals surface area contributed by atoms with E-state index in [4.69, 9.17) is 0 Å². The second-order valence-corrected chi connectivity index (χ2v) is 17.5. The van der Waals surface area contributed by atoms with Crippen molar-refractivity contribution in [3.8, 4) is 0 Å². The first-order valence-corrected chi connectivity index (χ1v) is 25.2. The summed E-state index contributed by atoms with van der Waals surface area (Å²) >= 11 is 0. The Morgan fingerprint density at radius 1 is 0.421 bits per heavy atom. The Labute approximate surface area is 354 Å². The first kappa shape index (κ1) is 55.8. The molecular formula is C51H99NO5. The molecule has 0 aromatic heterocycles. The lowest BCUT2D eigenvalue weighted by Gasteiger charge is -2.27. The van der Waals surface area contributed by atoms with Crippen molar-refractivity contribution in [3.63, 3.8) is 0 Å². The monoisotopic (exact) mass is 806 g/mol. The minimum atomic E-state index is -1.29. The minimum Gasteiger partial charge on any atom is -0.394 e. The van der Waals surface area contributed by atoms with Crippen LogP contribution in [0.5, 0.6) is 0 Å². The number of nitrogens with one attached hydrogen (secondary N) is 1. The van der Waals surface area contributed by atoms with E-state index in [0.29, 0.717) is 19.3 Å². The zero-order chi connectivity index (χ0) is 41.7. The molecule has 57 heavy (non-hydrogen) atoms. The van der Waals surface area contributed by atoms with Gasteiger partial charge in [0, 0.05) is 0 Å². The Morgan fingerprint density at radius 2 is 0.737 bits per heavy atom. The quantitative estimate of drug-likeness (QED) is 0.0311. The van der Waals surface area contributed by atoms with Crippen molar-refractivity contribution in [2.45, 2.75) is 289 Å². The van der Waals surface area contributed by atoms with Gasteiger partial charge in [0.15, 0.2) is 0 Å². The molecule has 0 fully saturated rings. The van der Waals surface area contributed by atoms with Gasteiger partial charge in [-0.3, -0.25) is 4.79 Å². The second-order valence-electron chi connectivity index (χ2n) is 17.5. The van der Waals surface area contributed by atoms with Crippen molar-refractivity contribution in [1.29, 1.82) is 0 Å². The van der Waals surface area contributed by atoms with E-state index in [9.17, 15) is 25.2 Å². The SMILES string of the molecule is CCCCCCCCCCCCCCCCC/C=C/CC/C=C/CCCC(O)C(O)C(CO)NC(=O)C(O)CCCCCCCCCCCCCCCCCCC. The zero-order valence-corrected chi connectivity index (χ0v) is 38.1. The summed E-state index contributed by atoms with van der Waals surface area (Å²) in [7, 11) is 0. The van der Waals surface area contributed by atoms with Crippen molar-refractivity contribution in [2.75, 3.05) is 6.61 Å². The number of aliphatic hydroxyl groups excluding tert-OH is 4. The molecule has 0 spiro atoms. The molecule has 0 aromatic rings. The molecule has 0 heterocycles. The number of carbonyl (C=O) groups is 1. The van der Waals surface area contributed by atoms with Crippen LogP contribution in [-0.4, -0.2) is 57.3 Å². The van der Waals surface area contributed by atoms with Crippen molar-refractivity contribution in [2.24, 2.45) is 0 Å². The summed E-state index contributed by atoms with van der Waals surface area (Å²) in [6.07, 6.45) is 53.7. The first-order valence-electron chi connectivity index (χ1n) is 25.2. The van der Waals surface area contributed by atoms with Crippen molar-refractivity contribution >= 4 is 5.91 Å². The van der Waals surface area contributed by atoms with E-state index in [1.807, 2.05) is 0 Å². The molecule has 0 saturated heterocycles. The van der Waals surface area contributed by atoms with Crippen molar-refractivity contribution in [1.82, 2.24) is 5.32 Å². The van der Waals surface area contributed by atoms with Gasteiger partial charge >= 0.3 is 0 Å². The average molecular weight is 806 g/mol. The summed E-state index contributed by atoms with van der Waals surface area (Å²) in [5.41, 5.74) is 0. The van der Waals surface area contributed by atoms with Crippen LogP contribution in [0.4, 0.5) is 0 Å². The number of hydrogen-bond acceptors (Lipinski definition) is 5. The predicted molar refractivity (Wildman–Crippen MR) is 247 cm³/mol. The minimum absolute atomic E-state index is 0.364. The Morgan fingerprint density at radius 3 is 1.11 bits per heavy atom. The van der Waals surface area contributed by atoms with E-state index in [-0.39, 0.29) is 0 Å². The molecule has 338 valence electrons. The van der Waals surface area contributed by atoms with Crippen LogP contribution in [0.15, 0.2) is 24.3 Å². The lowest BCUT2D eigenvalue weighted by molar-refractivity contribution is -0.132. The Balaban J connectivity index is 3.72. The highest BCUT2D eigenvalue weighted by molar-refractivity contribution is 5.80. The number of carbonyl (C=O) groups excluding carboxylic acids is 1. The zero-order valence-electron chi connectivity index (χ0n) is 38.1. The highest BCUT2D eigenvalue weighted by Gasteiger charge is 2.28. The predicted octanol–water partition coefficient (Wildman–Crippen LogP) is 13.9. The average Bonchev–Trinajstić information content (AvgIpc) is 3.22. The van der Waals surface area contributed by atoms with E-state index < -0.39 is 36.9 Å². The van der Waals surface area contributed by atoms with Gasteiger partial charge in [-0.05, 0) is 51.4 Å². The fourth-order valence-electron chi connectivity index (χ4n) is 7.89. The van der Waals surface area contributed by atoms with Gasteiger partial charge in [0.25, 0.3) is 0 Å². The molecule has 0 radical (unpaired) electrons. The van der Waals surface area contributed by atoms with Gasteiger partial charge < -0.3 is 25.7 Å². The molecule has 4 unspecified atom stereocenters. The molecule has 0 aliphatic heterocycles. The molecule has 5 N–H and O–H groups in total. The van der Waals surface area contributed by atoms with E-state index >= 15 is 0 Å². The molecule has 1 amide bonds. The van der Waals surface area contributed by atoms with Gasteiger partial charge in [0.2, 0.25) is 5.91 Å². The van der Waals surface area contributed by atoms with Crippen LogP contribution in [0.2, 0.25) is 0 Å².